The summed E-state index contributed by atoms with van der Waals surface area (Å²) in [5.41, 5.74) is 1.37. The molecular weight excluding hydrogens is 248 g/mol. The summed E-state index contributed by atoms with van der Waals surface area (Å²) in [6.07, 6.45) is 0. The normalized spacial score (nSPS) is 12.3. The molecule has 0 aromatic heterocycles. The summed E-state index contributed by atoms with van der Waals surface area (Å²) in [4.78, 5) is 12.1. The molecule has 0 saturated heterocycles. The standard InChI is InChI=1S/C14H21ClN2O/c1-9(2)10(3)8-17-14(18)12-7-11(15)5-6-13(12)16-4/h5-7,9-10,16H,8H2,1-4H3,(H,17,18). The summed E-state index contributed by atoms with van der Waals surface area (Å²) in [5.74, 6) is 0.911. The van der Waals surface area contributed by atoms with Crippen molar-refractivity contribution in [1.29, 1.82) is 0 Å². The van der Waals surface area contributed by atoms with Gasteiger partial charge in [0.2, 0.25) is 0 Å². The Morgan fingerprint density at radius 3 is 2.56 bits per heavy atom. The Kier molecular flexibility index (Phi) is 5.48. The summed E-state index contributed by atoms with van der Waals surface area (Å²) in [6.45, 7) is 7.10. The van der Waals surface area contributed by atoms with E-state index in [9.17, 15) is 4.79 Å². The van der Waals surface area contributed by atoms with E-state index < -0.39 is 0 Å². The van der Waals surface area contributed by atoms with E-state index in [0.29, 0.717) is 29.0 Å². The molecule has 0 radical (unpaired) electrons. The Bertz CT molecular complexity index is 418. The number of rotatable bonds is 5. The molecule has 1 aromatic rings. The van der Waals surface area contributed by atoms with Crippen LogP contribution in [0.1, 0.15) is 31.1 Å². The third kappa shape index (κ3) is 3.91. The first-order chi connectivity index (χ1) is 8.45. The van der Waals surface area contributed by atoms with E-state index in [0.717, 1.165) is 5.69 Å². The first kappa shape index (κ1) is 14.8. The van der Waals surface area contributed by atoms with Crippen molar-refractivity contribution in [3.63, 3.8) is 0 Å². The third-order valence-corrected chi connectivity index (χ3v) is 3.45. The zero-order valence-electron chi connectivity index (χ0n) is 11.4. The van der Waals surface area contributed by atoms with Crippen molar-refractivity contribution >= 4 is 23.2 Å². The first-order valence-electron chi connectivity index (χ1n) is 6.21. The molecule has 3 nitrogen and oxygen atoms in total. The lowest BCUT2D eigenvalue weighted by atomic mass is 9.98. The molecule has 18 heavy (non-hydrogen) atoms. The number of nitrogens with one attached hydrogen (secondary N) is 2. The third-order valence-electron chi connectivity index (χ3n) is 3.22. The molecule has 4 heteroatoms. The molecular formula is C14H21ClN2O. The molecule has 0 aliphatic rings. The van der Waals surface area contributed by atoms with Gasteiger partial charge in [-0.2, -0.15) is 0 Å². The maximum Gasteiger partial charge on any atom is 0.253 e. The van der Waals surface area contributed by atoms with E-state index in [4.69, 9.17) is 11.6 Å². The molecule has 0 saturated carbocycles. The predicted octanol–water partition coefficient (Wildman–Crippen LogP) is 3.40. The average molecular weight is 269 g/mol. The van der Waals surface area contributed by atoms with Gasteiger partial charge in [-0.3, -0.25) is 4.79 Å². The zero-order valence-corrected chi connectivity index (χ0v) is 12.1. The van der Waals surface area contributed by atoms with Crippen molar-refractivity contribution in [3.8, 4) is 0 Å². The van der Waals surface area contributed by atoms with E-state index in [1.54, 1.807) is 19.2 Å². The van der Waals surface area contributed by atoms with E-state index in [1.807, 2.05) is 6.07 Å². The monoisotopic (exact) mass is 268 g/mol. The second kappa shape index (κ2) is 6.64. The number of halogens is 1. The fourth-order valence-corrected chi connectivity index (χ4v) is 1.68. The lowest BCUT2D eigenvalue weighted by Gasteiger charge is -2.17. The van der Waals surface area contributed by atoms with Crippen LogP contribution in [0, 0.1) is 11.8 Å². The van der Waals surface area contributed by atoms with Crippen LogP contribution in [-0.2, 0) is 0 Å². The second-order valence-corrected chi connectivity index (χ2v) is 5.31. The van der Waals surface area contributed by atoms with E-state index in [1.165, 1.54) is 0 Å². The summed E-state index contributed by atoms with van der Waals surface area (Å²) in [5, 5.41) is 6.50. The van der Waals surface area contributed by atoms with Crippen molar-refractivity contribution < 1.29 is 4.79 Å². The average Bonchev–Trinajstić information content (AvgIpc) is 2.35. The van der Waals surface area contributed by atoms with Gasteiger partial charge < -0.3 is 10.6 Å². The molecule has 0 fully saturated rings. The fraction of sp³-hybridized carbons (Fsp3) is 0.500. The minimum atomic E-state index is -0.0886. The Hall–Kier alpha value is -1.22. The molecule has 100 valence electrons. The van der Waals surface area contributed by atoms with Gasteiger partial charge in [0.15, 0.2) is 0 Å². The Balaban J connectivity index is 2.75. The maximum absolute atomic E-state index is 12.1. The van der Waals surface area contributed by atoms with Gasteiger partial charge in [0, 0.05) is 24.3 Å². The van der Waals surface area contributed by atoms with Crippen molar-refractivity contribution in [3.05, 3.63) is 28.8 Å². The van der Waals surface area contributed by atoms with E-state index >= 15 is 0 Å². The van der Waals surface area contributed by atoms with E-state index in [2.05, 4.69) is 31.4 Å². The highest BCUT2D eigenvalue weighted by atomic mass is 35.5. The fourth-order valence-electron chi connectivity index (χ4n) is 1.51. The number of anilines is 1. The molecule has 1 unspecified atom stereocenters. The molecule has 2 N–H and O–H groups in total. The van der Waals surface area contributed by atoms with Crippen LogP contribution in [0.5, 0.6) is 0 Å². The van der Waals surface area contributed by atoms with Crippen molar-refractivity contribution in [1.82, 2.24) is 5.32 Å². The van der Waals surface area contributed by atoms with Crippen LogP contribution in [0.25, 0.3) is 0 Å². The summed E-state index contributed by atoms with van der Waals surface area (Å²) in [7, 11) is 1.79. The van der Waals surface area contributed by atoms with Gasteiger partial charge in [0.05, 0.1) is 5.56 Å². The lowest BCUT2D eigenvalue weighted by molar-refractivity contribution is 0.0945. The van der Waals surface area contributed by atoms with Gasteiger partial charge in [-0.15, -0.1) is 0 Å². The summed E-state index contributed by atoms with van der Waals surface area (Å²) >= 11 is 5.92. The SMILES string of the molecule is CNc1ccc(Cl)cc1C(=O)NCC(C)C(C)C. The second-order valence-electron chi connectivity index (χ2n) is 4.87. The number of hydrogen-bond donors (Lipinski definition) is 2. The number of amides is 1. The van der Waals surface area contributed by atoms with Gasteiger partial charge in [-0.25, -0.2) is 0 Å². The van der Waals surface area contributed by atoms with Crippen LogP contribution in [-0.4, -0.2) is 19.5 Å². The molecule has 0 spiro atoms. The number of benzene rings is 1. The molecule has 0 bridgehead atoms. The van der Waals surface area contributed by atoms with Gasteiger partial charge in [-0.05, 0) is 30.0 Å². The highest BCUT2D eigenvalue weighted by molar-refractivity contribution is 6.31. The van der Waals surface area contributed by atoms with Crippen LogP contribution in [0.15, 0.2) is 18.2 Å². The predicted molar refractivity (Wildman–Crippen MR) is 77.3 cm³/mol. The molecule has 1 atom stereocenters. The van der Waals surface area contributed by atoms with Crippen LogP contribution < -0.4 is 10.6 Å². The topological polar surface area (TPSA) is 41.1 Å². The molecule has 1 rings (SSSR count). The Morgan fingerprint density at radius 2 is 2.00 bits per heavy atom. The van der Waals surface area contributed by atoms with Crippen LogP contribution in [0.4, 0.5) is 5.69 Å². The van der Waals surface area contributed by atoms with Gasteiger partial charge in [-0.1, -0.05) is 32.4 Å². The maximum atomic E-state index is 12.1. The highest BCUT2D eigenvalue weighted by Gasteiger charge is 2.13. The minimum absolute atomic E-state index is 0.0886. The first-order valence-corrected chi connectivity index (χ1v) is 6.59. The molecule has 1 aromatic carbocycles. The van der Waals surface area contributed by atoms with Crippen LogP contribution >= 0.6 is 11.6 Å². The zero-order chi connectivity index (χ0) is 13.7. The van der Waals surface area contributed by atoms with Gasteiger partial charge >= 0.3 is 0 Å². The summed E-state index contributed by atoms with van der Waals surface area (Å²) in [6, 6.07) is 5.26. The summed E-state index contributed by atoms with van der Waals surface area (Å²) < 4.78 is 0. The van der Waals surface area contributed by atoms with E-state index in [-0.39, 0.29) is 5.91 Å². The molecule has 1 amide bonds. The van der Waals surface area contributed by atoms with Crippen molar-refractivity contribution in [2.75, 3.05) is 18.9 Å². The van der Waals surface area contributed by atoms with Gasteiger partial charge in [0.25, 0.3) is 5.91 Å². The molecule has 0 aliphatic carbocycles. The number of hydrogen-bond acceptors (Lipinski definition) is 2. The minimum Gasteiger partial charge on any atom is -0.387 e. The number of carbonyl (C=O) groups excluding carboxylic acids is 1. The van der Waals surface area contributed by atoms with Crippen LogP contribution in [0.3, 0.4) is 0 Å². The highest BCUT2D eigenvalue weighted by Crippen LogP contribution is 2.20. The van der Waals surface area contributed by atoms with Gasteiger partial charge in [0.1, 0.15) is 0 Å². The Morgan fingerprint density at radius 1 is 1.33 bits per heavy atom. The largest absolute Gasteiger partial charge is 0.387 e. The van der Waals surface area contributed by atoms with Crippen molar-refractivity contribution in [2.45, 2.75) is 20.8 Å². The Labute approximate surface area is 114 Å². The molecule has 0 heterocycles. The lowest BCUT2D eigenvalue weighted by Crippen LogP contribution is -2.30. The number of carbonyl (C=O) groups is 1. The van der Waals surface area contributed by atoms with Crippen molar-refractivity contribution in [2.24, 2.45) is 11.8 Å². The smallest absolute Gasteiger partial charge is 0.253 e. The quantitative estimate of drug-likeness (QED) is 0.859. The molecule has 0 aliphatic heterocycles. The van der Waals surface area contributed by atoms with Crippen LogP contribution in [0.2, 0.25) is 5.02 Å².